The molecule has 0 bridgehead atoms. The minimum absolute atomic E-state index is 0.00607. The van der Waals surface area contributed by atoms with Crippen LogP contribution in [0.2, 0.25) is 5.02 Å². The summed E-state index contributed by atoms with van der Waals surface area (Å²) in [6, 6.07) is 7.73. The van der Waals surface area contributed by atoms with Crippen molar-refractivity contribution >= 4 is 46.1 Å². The van der Waals surface area contributed by atoms with Gasteiger partial charge in [-0.25, -0.2) is 0 Å². The van der Waals surface area contributed by atoms with E-state index < -0.39 is 16.7 Å². The van der Waals surface area contributed by atoms with Gasteiger partial charge in [0.1, 0.15) is 5.76 Å². The van der Waals surface area contributed by atoms with Crippen molar-refractivity contribution in [2.24, 2.45) is 10.8 Å². The van der Waals surface area contributed by atoms with E-state index in [1.165, 1.54) is 23.2 Å². The van der Waals surface area contributed by atoms with E-state index in [0.29, 0.717) is 41.3 Å². The maximum absolute atomic E-state index is 13.2. The van der Waals surface area contributed by atoms with Gasteiger partial charge in [-0.05, 0) is 62.2 Å². The van der Waals surface area contributed by atoms with Crippen molar-refractivity contribution in [2.45, 2.75) is 27.2 Å². The molecule has 2 aromatic carbocycles. The molecule has 34 heavy (non-hydrogen) atoms. The topological polar surface area (TPSA) is 128 Å². The van der Waals surface area contributed by atoms with Crippen LogP contribution in [-0.4, -0.2) is 29.1 Å². The number of allylic oxidation sites excluding steroid dienone is 1. The summed E-state index contributed by atoms with van der Waals surface area (Å²) in [4.78, 5) is 35.9. The molecule has 2 N–H and O–H groups in total. The average Bonchev–Trinajstić information content (AvgIpc) is 3.34. The lowest BCUT2D eigenvalue weighted by Gasteiger charge is -2.13. The van der Waals surface area contributed by atoms with Crippen LogP contribution in [0, 0.1) is 24.0 Å². The molecule has 2 aliphatic heterocycles. The number of anilines is 1. The molecule has 2 aromatic rings. The molecule has 0 spiro atoms. The molecular formula is C24H21ClN4O5. The SMILES string of the molecule is CC1=NN(c2ccc(C(N)=O)c(Cl)c2)C(=O)/C1=C\C1=C(c2cc(C)c(C)cc2[N+](=O)[O-])CCO1. The van der Waals surface area contributed by atoms with Crippen LogP contribution >= 0.6 is 11.6 Å². The van der Waals surface area contributed by atoms with E-state index in [-0.39, 0.29) is 21.8 Å². The number of hydrogen-bond acceptors (Lipinski definition) is 6. The Bertz CT molecular complexity index is 1360. The van der Waals surface area contributed by atoms with Gasteiger partial charge >= 0.3 is 0 Å². The molecule has 0 atom stereocenters. The Balaban J connectivity index is 1.74. The summed E-state index contributed by atoms with van der Waals surface area (Å²) >= 11 is 6.13. The lowest BCUT2D eigenvalue weighted by atomic mass is 9.95. The minimum Gasteiger partial charge on any atom is -0.493 e. The Morgan fingerprint density at radius 1 is 1.24 bits per heavy atom. The van der Waals surface area contributed by atoms with E-state index in [9.17, 15) is 19.7 Å². The second-order valence-corrected chi connectivity index (χ2v) is 8.45. The Hall–Kier alpha value is -3.98. The summed E-state index contributed by atoms with van der Waals surface area (Å²) in [5.74, 6) is -0.701. The zero-order chi connectivity index (χ0) is 24.7. The molecule has 10 heteroatoms. The Labute approximate surface area is 200 Å². The number of nitro benzene ring substituents is 1. The molecule has 0 aliphatic carbocycles. The maximum atomic E-state index is 13.2. The van der Waals surface area contributed by atoms with E-state index in [0.717, 1.165) is 11.1 Å². The molecule has 0 unspecified atom stereocenters. The van der Waals surface area contributed by atoms with E-state index in [2.05, 4.69) is 5.10 Å². The molecule has 0 aromatic heterocycles. The predicted molar refractivity (Wildman–Crippen MR) is 129 cm³/mol. The second kappa shape index (κ2) is 8.75. The number of nitro groups is 1. The van der Waals surface area contributed by atoms with Crippen molar-refractivity contribution in [2.75, 3.05) is 11.6 Å². The highest BCUT2D eigenvalue weighted by Crippen LogP contribution is 2.38. The Morgan fingerprint density at radius 2 is 1.94 bits per heavy atom. The highest BCUT2D eigenvalue weighted by Gasteiger charge is 2.32. The third kappa shape index (κ3) is 4.06. The molecule has 0 saturated heterocycles. The number of nitrogens with two attached hydrogens (primary N) is 1. The molecule has 2 heterocycles. The molecule has 174 valence electrons. The fraction of sp³-hybridized carbons (Fsp3) is 0.208. The van der Waals surface area contributed by atoms with Gasteiger partial charge in [-0.15, -0.1) is 0 Å². The number of amides is 2. The Morgan fingerprint density at radius 3 is 2.59 bits per heavy atom. The highest BCUT2D eigenvalue weighted by atomic mass is 35.5. The lowest BCUT2D eigenvalue weighted by Crippen LogP contribution is -2.22. The smallest absolute Gasteiger partial charge is 0.280 e. The van der Waals surface area contributed by atoms with Crippen LogP contribution in [0.5, 0.6) is 0 Å². The fourth-order valence-electron chi connectivity index (χ4n) is 3.89. The standard InChI is InChI=1S/C24H21ClN4O5/c1-12-8-19(21(29(32)33)9-13(12)2)16-6-7-34-22(16)11-18-14(3)27-28(24(18)31)15-4-5-17(23(26)30)20(25)10-15/h4-5,8-11H,6-7H2,1-3H3,(H2,26,30)/b18-11-. The summed E-state index contributed by atoms with van der Waals surface area (Å²) in [6.45, 7) is 5.73. The summed E-state index contributed by atoms with van der Waals surface area (Å²) in [6.07, 6.45) is 2.04. The molecule has 9 nitrogen and oxygen atoms in total. The number of benzene rings is 2. The molecule has 2 amide bonds. The molecule has 0 fully saturated rings. The highest BCUT2D eigenvalue weighted by molar-refractivity contribution is 6.34. The van der Waals surface area contributed by atoms with Gasteiger partial charge in [0, 0.05) is 18.1 Å². The van der Waals surface area contributed by atoms with Gasteiger partial charge in [-0.3, -0.25) is 19.7 Å². The van der Waals surface area contributed by atoms with Crippen LogP contribution in [-0.2, 0) is 9.53 Å². The summed E-state index contributed by atoms with van der Waals surface area (Å²) in [5, 5.41) is 17.3. The third-order valence-corrected chi connectivity index (χ3v) is 6.15. The average molecular weight is 481 g/mol. The zero-order valence-electron chi connectivity index (χ0n) is 18.7. The van der Waals surface area contributed by atoms with Gasteiger partial charge < -0.3 is 10.5 Å². The van der Waals surface area contributed by atoms with Crippen molar-refractivity contribution in [3.63, 3.8) is 0 Å². The number of aryl methyl sites for hydroxylation is 2. The molecule has 0 saturated carbocycles. The van der Waals surface area contributed by atoms with Crippen LogP contribution in [0.3, 0.4) is 0 Å². The minimum atomic E-state index is -0.678. The van der Waals surface area contributed by atoms with Gasteiger partial charge in [-0.1, -0.05) is 11.6 Å². The van der Waals surface area contributed by atoms with Crippen LogP contribution in [0.4, 0.5) is 11.4 Å². The molecule has 0 radical (unpaired) electrons. The number of rotatable bonds is 5. The normalized spacial score (nSPS) is 16.8. The van der Waals surface area contributed by atoms with Crippen molar-refractivity contribution in [3.8, 4) is 0 Å². The number of carbonyl (C=O) groups excluding carboxylic acids is 2. The van der Waals surface area contributed by atoms with E-state index in [1.807, 2.05) is 13.8 Å². The summed E-state index contributed by atoms with van der Waals surface area (Å²) in [5.41, 5.74) is 9.39. The first kappa shape index (κ1) is 23.2. The summed E-state index contributed by atoms with van der Waals surface area (Å²) in [7, 11) is 0. The number of hydrogen-bond donors (Lipinski definition) is 1. The fourth-order valence-corrected chi connectivity index (χ4v) is 4.16. The Kier molecular flexibility index (Phi) is 5.97. The van der Waals surface area contributed by atoms with Gasteiger partial charge in [-0.2, -0.15) is 10.1 Å². The summed E-state index contributed by atoms with van der Waals surface area (Å²) < 4.78 is 5.77. The molecule has 2 aliphatic rings. The van der Waals surface area contributed by atoms with Crippen LogP contribution in [0.1, 0.15) is 40.4 Å². The van der Waals surface area contributed by atoms with E-state index >= 15 is 0 Å². The van der Waals surface area contributed by atoms with Crippen LogP contribution in [0.25, 0.3) is 5.57 Å². The largest absolute Gasteiger partial charge is 0.493 e. The van der Waals surface area contributed by atoms with E-state index in [1.54, 1.807) is 25.1 Å². The number of primary amides is 1. The molecule has 4 rings (SSSR count). The first-order valence-electron chi connectivity index (χ1n) is 10.4. The zero-order valence-corrected chi connectivity index (χ0v) is 19.5. The quantitative estimate of drug-likeness (QED) is 0.384. The monoisotopic (exact) mass is 480 g/mol. The van der Waals surface area contributed by atoms with Gasteiger partial charge in [0.15, 0.2) is 0 Å². The van der Waals surface area contributed by atoms with E-state index in [4.69, 9.17) is 22.1 Å². The molecular weight excluding hydrogens is 460 g/mol. The number of ether oxygens (including phenoxy) is 1. The lowest BCUT2D eigenvalue weighted by molar-refractivity contribution is -0.385. The van der Waals surface area contributed by atoms with Crippen molar-refractivity contribution < 1.29 is 19.2 Å². The van der Waals surface area contributed by atoms with Crippen molar-refractivity contribution in [1.29, 1.82) is 0 Å². The first-order valence-corrected chi connectivity index (χ1v) is 10.8. The maximum Gasteiger partial charge on any atom is 0.280 e. The van der Waals surface area contributed by atoms with Crippen molar-refractivity contribution in [3.05, 3.63) is 85.1 Å². The van der Waals surface area contributed by atoms with Crippen LogP contribution < -0.4 is 10.7 Å². The third-order valence-electron chi connectivity index (χ3n) is 5.84. The van der Waals surface area contributed by atoms with Crippen molar-refractivity contribution in [1.82, 2.24) is 0 Å². The number of hydrazone groups is 1. The first-order chi connectivity index (χ1) is 16.1. The van der Waals surface area contributed by atoms with Gasteiger partial charge in [0.05, 0.1) is 44.7 Å². The second-order valence-electron chi connectivity index (χ2n) is 8.04. The number of nitrogens with zero attached hydrogens (tertiary/aromatic N) is 3. The number of carbonyl (C=O) groups is 2. The van der Waals surface area contributed by atoms with Gasteiger partial charge in [0.25, 0.3) is 11.6 Å². The van der Waals surface area contributed by atoms with Crippen LogP contribution in [0.15, 0.2) is 52.8 Å². The number of halogens is 1. The predicted octanol–water partition coefficient (Wildman–Crippen LogP) is 4.44. The van der Waals surface area contributed by atoms with Gasteiger partial charge in [0.2, 0.25) is 5.91 Å².